The second kappa shape index (κ2) is 8.93. The molecule has 0 radical (unpaired) electrons. The monoisotopic (exact) mass is 329 g/mol. The number of anilines is 1. The van der Waals surface area contributed by atoms with Crippen molar-refractivity contribution in [2.45, 2.75) is 13.8 Å². The molecular weight excluding hydrogens is 306 g/mol. The van der Waals surface area contributed by atoms with E-state index in [1.54, 1.807) is 19.2 Å². The van der Waals surface area contributed by atoms with Gasteiger partial charge < -0.3 is 19.5 Å². The van der Waals surface area contributed by atoms with Crippen molar-refractivity contribution in [2.24, 2.45) is 0 Å². The van der Waals surface area contributed by atoms with Gasteiger partial charge in [-0.3, -0.25) is 4.79 Å². The molecule has 0 aromatic heterocycles. The Morgan fingerprint density at radius 3 is 2.42 bits per heavy atom. The van der Waals surface area contributed by atoms with Gasteiger partial charge in [0.15, 0.2) is 6.61 Å². The number of benzene rings is 2. The summed E-state index contributed by atoms with van der Waals surface area (Å²) in [5.74, 6) is 1.16. The van der Waals surface area contributed by atoms with Gasteiger partial charge in [0.05, 0.1) is 6.61 Å². The minimum absolute atomic E-state index is 0.0440. The van der Waals surface area contributed by atoms with E-state index in [1.165, 1.54) is 0 Å². The number of ether oxygens (including phenoxy) is 3. The summed E-state index contributed by atoms with van der Waals surface area (Å²) in [6, 6.07) is 13.1. The van der Waals surface area contributed by atoms with E-state index in [0.717, 1.165) is 11.1 Å². The summed E-state index contributed by atoms with van der Waals surface area (Å²) in [7, 11) is 1.62. The smallest absolute Gasteiger partial charge is 0.262 e. The van der Waals surface area contributed by atoms with Gasteiger partial charge in [-0.2, -0.15) is 0 Å². The molecule has 0 unspecified atom stereocenters. The Morgan fingerprint density at radius 2 is 1.71 bits per heavy atom. The van der Waals surface area contributed by atoms with Crippen molar-refractivity contribution in [3.63, 3.8) is 0 Å². The quantitative estimate of drug-likeness (QED) is 0.755. The van der Waals surface area contributed by atoms with Crippen LogP contribution in [0.5, 0.6) is 11.5 Å². The van der Waals surface area contributed by atoms with Gasteiger partial charge in [-0.05, 0) is 49.2 Å². The number of carbonyl (C=O) groups excluding carboxylic acids is 1. The number of amides is 1. The molecule has 0 bridgehead atoms. The fraction of sp³-hybridized carbons (Fsp3) is 0.316. The average Bonchev–Trinajstić information content (AvgIpc) is 2.53. The van der Waals surface area contributed by atoms with Gasteiger partial charge in [0.2, 0.25) is 0 Å². The Balaban J connectivity index is 1.86. The summed E-state index contributed by atoms with van der Waals surface area (Å²) in [4.78, 5) is 12.0. The van der Waals surface area contributed by atoms with Gasteiger partial charge >= 0.3 is 0 Å². The van der Waals surface area contributed by atoms with Crippen LogP contribution in [-0.4, -0.2) is 32.8 Å². The normalized spacial score (nSPS) is 10.3. The maximum atomic E-state index is 12.0. The van der Waals surface area contributed by atoms with Crippen molar-refractivity contribution in [3.05, 3.63) is 53.6 Å². The van der Waals surface area contributed by atoms with Crippen LogP contribution in [0, 0.1) is 13.8 Å². The fourth-order valence-electron chi connectivity index (χ4n) is 2.27. The average molecular weight is 329 g/mol. The lowest BCUT2D eigenvalue weighted by atomic mass is 10.1. The first-order valence-corrected chi connectivity index (χ1v) is 7.79. The van der Waals surface area contributed by atoms with Gasteiger partial charge in [-0.15, -0.1) is 0 Å². The van der Waals surface area contributed by atoms with E-state index in [4.69, 9.17) is 14.2 Å². The van der Waals surface area contributed by atoms with Crippen LogP contribution >= 0.6 is 0 Å². The molecule has 5 heteroatoms. The van der Waals surface area contributed by atoms with Crippen LogP contribution in [0.3, 0.4) is 0 Å². The van der Waals surface area contributed by atoms with Crippen LogP contribution in [-0.2, 0) is 9.53 Å². The van der Waals surface area contributed by atoms with Crippen molar-refractivity contribution in [1.82, 2.24) is 0 Å². The van der Waals surface area contributed by atoms with E-state index in [9.17, 15) is 4.79 Å². The number of aryl methyl sites for hydroxylation is 2. The molecular formula is C19H23NO4. The molecule has 128 valence electrons. The summed E-state index contributed by atoms with van der Waals surface area (Å²) >= 11 is 0. The molecule has 0 aliphatic carbocycles. The number of hydrogen-bond acceptors (Lipinski definition) is 4. The molecule has 2 aromatic rings. The Hall–Kier alpha value is -2.53. The summed E-state index contributed by atoms with van der Waals surface area (Å²) in [5, 5.41) is 2.80. The predicted octanol–water partition coefficient (Wildman–Crippen LogP) is 3.35. The van der Waals surface area contributed by atoms with E-state index >= 15 is 0 Å². The number of methoxy groups -OCH3 is 1. The zero-order valence-corrected chi connectivity index (χ0v) is 14.3. The van der Waals surface area contributed by atoms with E-state index in [-0.39, 0.29) is 12.5 Å². The predicted molar refractivity (Wildman–Crippen MR) is 93.9 cm³/mol. The number of hydrogen-bond donors (Lipinski definition) is 1. The van der Waals surface area contributed by atoms with Crippen LogP contribution in [0.4, 0.5) is 5.69 Å². The van der Waals surface area contributed by atoms with Gasteiger partial charge in [-0.25, -0.2) is 0 Å². The Morgan fingerprint density at radius 1 is 0.958 bits per heavy atom. The third kappa shape index (κ3) is 5.93. The molecule has 0 saturated heterocycles. The van der Waals surface area contributed by atoms with Crippen LogP contribution in [0.25, 0.3) is 0 Å². The molecule has 0 atom stereocenters. The number of nitrogens with one attached hydrogen (secondary N) is 1. The van der Waals surface area contributed by atoms with Crippen molar-refractivity contribution in [2.75, 3.05) is 32.2 Å². The van der Waals surface area contributed by atoms with Crippen LogP contribution in [0.15, 0.2) is 42.5 Å². The summed E-state index contributed by atoms with van der Waals surface area (Å²) < 4.78 is 16.0. The minimum Gasteiger partial charge on any atom is -0.491 e. The topological polar surface area (TPSA) is 56.8 Å². The standard InChI is InChI=1S/C19H23NO4/c1-14-9-15(2)11-18(10-14)24-13-19(21)20-16-5-4-6-17(12-16)23-8-7-22-3/h4-6,9-12H,7-8,13H2,1-3H3,(H,20,21). The summed E-state index contributed by atoms with van der Waals surface area (Å²) in [6.07, 6.45) is 0. The van der Waals surface area contributed by atoms with Crippen LogP contribution < -0.4 is 14.8 Å². The maximum Gasteiger partial charge on any atom is 0.262 e. The van der Waals surface area contributed by atoms with E-state index in [2.05, 4.69) is 11.4 Å². The molecule has 1 amide bonds. The highest BCUT2D eigenvalue weighted by atomic mass is 16.5. The van der Waals surface area contributed by atoms with Gasteiger partial charge in [-0.1, -0.05) is 12.1 Å². The molecule has 2 aromatic carbocycles. The highest BCUT2D eigenvalue weighted by Gasteiger charge is 2.05. The third-order valence-electron chi connectivity index (χ3n) is 3.24. The zero-order valence-electron chi connectivity index (χ0n) is 14.3. The molecule has 0 aliphatic heterocycles. The van der Waals surface area contributed by atoms with Gasteiger partial charge in [0, 0.05) is 18.9 Å². The highest BCUT2D eigenvalue weighted by Crippen LogP contribution is 2.18. The van der Waals surface area contributed by atoms with Crippen LogP contribution in [0.1, 0.15) is 11.1 Å². The summed E-state index contributed by atoms with van der Waals surface area (Å²) in [5.41, 5.74) is 2.87. The molecule has 1 N–H and O–H groups in total. The van der Waals surface area contributed by atoms with Crippen LogP contribution in [0.2, 0.25) is 0 Å². The lowest BCUT2D eigenvalue weighted by molar-refractivity contribution is -0.118. The number of carbonyl (C=O) groups is 1. The molecule has 0 fully saturated rings. The van der Waals surface area contributed by atoms with Gasteiger partial charge in [0.1, 0.15) is 18.1 Å². The largest absolute Gasteiger partial charge is 0.491 e. The van der Waals surface area contributed by atoms with E-state index < -0.39 is 0 Å². The van der Waals surface area contributed by atoms with E-state index in [0.29, 0.717) is 30.4 Å². The lowest BCUT2D eigenvalue weighted by Gasteiger charge is -2.10. The van der Waals surface area contributed by atoms with E-state index in [1.807, 2.05) is 38.1 Å². The first-order valence-electron chi connectivity index (χ1n) is 7.79. The second-order valence-electron chi connectivity index (χ2n) is 5.53. The molecule has 24 heavy (non-hydrogen) atoms. The Kier molecular flexibility index (Phi) is 6.63. The highest BCUT2D eigenvalue weighted by molar-refractivity contribution is 5.92. The van der Waals surface area contributed by atoms with Crippen molar-refractivity contribution >= 4 is 11.6 Å². The molecule has 0 spiro atoms. The Labute approximate surface area is 142 Å². The molecule has 0 heterocycles. The summed E-state index contributed by atoms with van der Waals surface area (Å²) in [6.45, 7) is 4.92. The lowest BCUT2D eigenvalue weighted by Crippen LogP contribution is -2.20. The SMILES string of the molecule is COCCOc1cccc(NC(=O)COc2cc(C)cc(C)c2)c1. The number of rotatable bonds is 8. The first kappa shape index (κ1) is 17.8. The fourth-order valence-corrected chi connectivity index (χ4v) is 2.27. The third-order valence-corrected chi connectivity index (χ3v) is 3.24. The second-order valence-corrected chi connectivity index (χ2v) is 5.53. The molecule has 0 aliphatic rings. The molecule has 0 saturated carbocycles. The Bertz CT molecular complexity index is 665. The molecule has 5 nitrogen and oxygen atoms in total. The maximum absolute atomic E-state index is 12.0. The van der Waals surface area contributed by atoms with Crippen molar-refractivity contribution < 1.29 is 19.0 Å². The molecule has 2 rings (SSSR count). The van der Waals surface area contributed by atoms with Crippen molar-refractivity contribution in [1.29, 1.82) is 0 Å². The minimum atomic E-state index is -0.219. The first-order chi connectivity index (χ1) is 11.6. The van der Waals surface area contributed by atoms with Gasteiger partial charge in [0.25, 0.3) is 5.91 Å². The zero-order chi connectivity index (χ0) is 17.4. The van der Waals surface area contributed by atoms with Crippen molar-refractivity contribution in [3.8, 4) is 11.5 Å².